The number of para-hydroxylation sites is 1. The van der Waals surface area contributed by atoms with Crippen molar-refractivity contribution in [2.75, 3.05) is 13.7 Å². The lowest BCUT2D eigenvalue weighted by molar-refractivity contribution is 0.0917. The lowest BCUT2D eigenvalue weighted by atomic mass is 10.1. The largest absolute Gasteiger partial charge is 0.493 e. The minimum absolute atomic E-state index is 0.226. The number of amides is 1. The first kappa shape index (κ1) is 16.1. The van der Waals surface area contributed by atoms with Crippen LogP contribution in [0.5, 0.6) is 5.75 Å². The van der Waals surface area contributed by atoms with Crippen molar-refractivity contribution in [3.05, 3.63) is 65.9 Å². The highest BCUT2D eigenvalue weighted by molar-refractivity contribution is 5.97. The molecular formula is C19H19NO4. The van der Waals surface area contributed by atoms with Gasteiger partial charge in [0.1, 0.15) is 0 Å². The van der Waals surface area contributed by atoms with Crippen LogP contribution < -0.4 is 10.1 Å². The molecule has 0 saturated heterocycles. The third-order valence-corrected chi connectivity index (χ3v) is 3.84. The maximum atomic E-state index is 12.2. The van der Waals surface area contributed by atoms with Crippen molar-refractivity contribution >= 4 is 16.9 Å². The van der Waals surface area contributed by atoms with Crippen molar-refractivity contribution in [2.45, 2.75) is 12.5 Å². The Morgan fingerprint density at radius 2 is 2.00 bits per heavy atom. The quantitative estimate of drug-likeness (QED) is 0.729. The predicted molar refractivity (Wildman–Crippen MR) is 91.1 cm³/mol. The van der Waals surface area contributed by atoms with Crippen LogP contribution in [0.25, 0.3) is 11.0 Å². The maximum Gasteiger partial charge on any atom is 0.287 e. The third kappa shape index (κ3) is 3.41. The number of furan rings is 1. The number of nitrogens with one attached hydrogen (secondary N) is 1. The third-order valence-electron chi connectivity index (χ3n) is 3.84. The maximum absolute atomic E-state index is 12.2. The van der Waals surface area contributed by atoms with Crippen molar-refractivity contribution in [1.29, 1.82) is 0 Å². The Labute approximate surface area is 139 Å². The lowest BCUT2D eigenvalue weighted by Crippen LogP contribution is -2.25. The number of aliphatic hydroxyl groups is 1. The van der Waals surface area contributed by atoms with Crippen molar-refractivity contribution in [3.8, 4) is 5.75 Å². The molecule has 5 nitrogen and oxygen atoms in total. The molecule has 3 rings (SSSR count). The van der Waals surface area contributed by atoms with E-state index in [1.165, 1.54) is 0 Å². The van der Waals surface area contributed by atoms with E-state index in [4.69, 9.17) is 9.15 Å². The summed E-state index contributed by atoms with van der Waals surface area (Å²) in [7, 11) is 1.56. The summed E-state index contributed by atoms with van der Waals surface area (Å²) in [4.78, 5) is 12.2. The van der Waals surface area contributed by atoms with Gasteiger partial charge in [0, 0.05) is 11.9 Å². The molecule has 1 amide bonds. The Kier molecular flexibility index (Phi) is 4.82. The number of fused-ring (bicyclic) bond motifs is 1. The fourth-order valence-electron chi connectivity index (χ4n) is 2.56. The van der Waals surface area contributed by atoms with Crippen LogP contribution in [0.3, 0.4) is 0 Å². The van der Waals surface area contributed by atoms with Crippen LogP contribution in [0.2, 0.25) is 0 Å². The van der Waals surface area contributed by atoms with Gasteiger partial charge in [-0.25, -0.2) is 0 Å². The summed E-state index contributed by atoms with van der Waals surface area (Å²) >= 11 is 0. The average Bonchev–Trinajstić information content (AvgIpc) is 3.06. The molecule has 0 spiro atoms. The number of rotatable bonds is 6. The number of carbonyl (C=O) groups is 1. The first-order valence-electron chi connectivity index (χ1n) is 7.77. The van der Waals surface area contributed by atoms with Gasteiger partial charge in [-0.3, -0.25) is 4.79 Å². The first-order valence-corrected chi connectivity index (χ1v) is 7.77. The summed E-state index contributed by atoms with van der Waals surface area (Å²) in [6, 6.07) is 16.5. The van der Waals surface area contributed by atoms with Crippen LogP contribution in [-0.4, -0.2) is 24.7 Å². The van der Waals surface area contributed by atoms with Gasteiger partial charge >= 0.3 is 0 Å². The monoisotopic (exact) mass is 325 g/mol. The van der Waals surface area contributed by atoms with E-state index >= 15 is 0 Å². The van der Waals surface area contributed by atoms with E-state index in [1.807, 2.05) is 42.5 Å². The number of methoxy groups -OCH3 is 1. The van der Waals surface area contributed by atoms with E-state index in [0.29, 0.717) is 24.3 Å². The SMILES string of the molecule is COc1cccc2cc(C(=O)NCC[C@H](O)c3ccccc3)oc12. The Morgan fingerprint density at radius 1 is 1.21 bits per heavy atom. The smallest absolute Gasteiger partial charge is 0.287 e. The topological polar surface area (TPSA) is 71.7 Å². The summed E-state index contributed by atoms with van der Waals surface area (Å²) in [6.07, 6.45) is -0.179. The van der Waals surface area contributed by atoms with Crippen molar-refractivity contribution < 1.29 is 19.1 Å². The molecule has 124 valence electrons. The molecule has 3 aromatic rings. The van der Waals surface area contributed by atoms with Gasteiger partial charge in [-0.1, -0.05) is 42.5 Å². The standard InChI is InChI=1S/C19H19NO4/c1-23-16-9-5-8-14-12-17(24-18(14)16)19(22)20-11-10-15(21)13-6-3-2-4-7-13/h2-9,12,15,21H,10-11H2,1H3,(H,20,22)/t15-/m0/s1. The van der Waals surface area contributed by atoms with Crippen molar-refractivity contribution in [1.82, 2.24) is 5.32 Å². The molecule has 0 unspecified atom stereocenters. The zero-order chi connectivity index (χ0) is 16.9. The molecule has 5 heteroatoms. The molecule has 0 aliphatic carbocycles. The predicted octanol–water partition coefficient (Wildman–Crippen LogP) is 3.29. The normalized spacial score (nSPS) is 12.1. The molecule has 1 heterocycles. The van der Waals surface area contributed by atoms with Crippen molar-refractivity contribution in [3.63, 3.8) is 0 Å². The molecule has 0 fully saturated rings. The van der Waals surface area contributed by atoms with E-state index < -0.39 is 6.10 Å². The summed E-state index contributed by atoms with van der Waals surface area (Å²) in [5.74, 6) is 0.503. The Balaban J connectivity index is 1.61. The van der Waals surface area contributed by atoms with E-state index in [9.17, 15) is 9.90 Å². The molecule has 0 aliphatic rings. The van der Waals surface area contributed by atoms with Crippen LogP contribution in [0.1, 0.15) is 28.6 Å². The van der Waals surface area contributed by atoms with Crippen molar-refractivity contribution in [2.24, 2.45) is 0 Å². The highest BCUT2D eigenvalue weighted by Crippen LogP contribution is 2.28. The summed E-state index contributed by atoms with van der Waals surface area (Å²) in [5, 5.41) is 13.7. The molecule has 0 saturated carbocycles. The van der Waals surface area contributed by atoms with Crippen LogP contribution in [0, 0.1) is 0 Å². The molecule has 0 aliphatic heterocycles. The first-order chi connectivity index (χ1) is 11.7. The summed E-state index contributed by atoms with van der Waals surface area (Å²) < 4.78 is 10.8. The molecule has 0 radical (unpaired) electrons. The van der Waals surface area contributed by atoms with Crippen LogP contribution in [0.15, 0.2) is 59.0 Å². The van der Waals surface area contributed by atoms with E-state index in [1.54, 1.807) is 19.2 Å². The fourth-order valence-corrected chi connectivity index (χ4v) is 2.56. The Morgan fingerprint density at radius 3 is 2.75 bits per heavy atom. The average molecular weight is 325 g/mol. The number of ether oxygens (including phenoxy) is 1. The highest BCUT2D eigenvalue weighted by atomic mass is 16.5. The number of aliphatic hydroxyl groups excluding tert-OH is 1. The number of hydrogen-bond acceptors (Lipinski definition) is 4. The minimum Gasteiger partial charge on any atom is -0.493 e. The van der Waals surface area contributed by atoms with Gasteiger partial charge in [0.2, 0.25) is 0 Å². The zero-order valence-corrected chi connectivity index (χ0v) is 13.4. The van der Waals surface area contributed by atoms with Gasteiger partial charge in [-0.05, 0) is 24.1 Å². The Bertz CT molecular complexity index is 826. The number of carbonyl (C=O) groups excluding carboxylic acids is 1. The summed E-state index contributed by atoms with van der Waals surface area (Å²) in [6.45, 7) is 0.350. The second-order valence-electron chi connectivity index (χ2n) is 5.46. The van der Waals surface area contributed by atoms with E-state index in [-0.39, 0.29) is 11.7 Å². The fraction of sp³-hybridized carbons (Fsp3) is 0.211. The second-order valence-corrected chi connectivity index (χ2v) is 5.46. The van der Waals surface area contributed by atoms with Gasteiger partial charge in [-0.15, -0.1) is 0 Å². The van der Waals surface area contributed by atoms with Crippen LogP contribution in [-0.2, 0) is 0 Å². The van der Waals surface area contributed by atoms with E-state index in [2.05, 4.69) is 5.32 Å². The summed E-state index contributed by atoms with van der Waals surface area (Å²) in [5.41, 5.74) is 1.38. The van der Waals surface area contributed by atoms with Gasteiger partial charge in [0.05, 0.1) is 13.2 Å². The molecule has 24 heavy (non-hydrogen) atoms. The Hall–Kier alpha value is -2.79. The van der Waals surface area contributed by atoms with Gasteiger partial charge in [-0.2, -0.15) is 0 Å². The van der Waals surface area contributed by atoms with Gasteiger partial charge in [0.25, 0.3) is 5.91 Å². The second kappa shape index (κ2) is 7.19. The lowest BCUT2D eigenvalue weighted by Gasteiger charge is -2.11. The highest BCUT2D eigenvalue weighted by Gasteiger charge is 2.15. The number of hydrogen-bond donors (Lipinski definition) is 2. The molecule has 2 N–H and O–H groups in total. The molecular weight excluding hydrogens is 306 g/mol. The van der Waals surface area contributed by atoms with Crippen LogP contribution in [0.4, 0.5) is 0 Å². The molecule has 0 bridgehead atoms. The minimum atomic E-state index is -0.609. The molecule has 1 aromatic heterocycles. The van der Waals surface area contributed by atoms with Gasteiger partial charge in [0.15, 0.2) is 17.1 Å². The molecule has 1 atom stereocenters. The number of benzene rings is 2. The van der Waals surface area contributed by atoms with Gasteiger partial charge < -0.3 is 19.6 Å². The van der Waals surface area contributed by atoms with Crippen LogP contribution >= 0.6 is 0 Å². The molecule has 2 aromatic carbocycles. The zero-order valence-electron chi connectivity index (χ0n) is 13.4. The van der Waals surface area contributed by atoms with E-state index in [0.717, 1.165) is 10.9 Å².